The SMILES string of the molecule is Cc1ccc(F)c(OC(C(=O)NN)c2ccccc2)c1. The van der Waals surface area contributed by atoms with Crippen LogP contribution in [-0.2, 0) is 4.79 Å². The van der Waals surface area contributed by atoms with Crippen LogP contribution in [0.15, 0.2) is 48.5 Å². The summed E-state index contributed by atoms with van der Waals surface area (Å²) in [6.07, 6.45) is -1.00. The van der Waals surface area contributed by atoms with Gasteiger partial charge in [0.2, 0.25) is 6.10 Å². The van der Waals surface area contributed by atoms with E-state index >= 15 is 0 Å². The zero-order valence-corrected chi connectivity index (χ0v) is 11.0. The van der Waals surface area contributed by atoms with Crippen LogP contribution in [0.25, 0.3) is 0 Å². The number of benzene rings is 2. The number of halogens is 1. The second-order valence-electron chi connectivity index (χ2n) is 4.35. The molecule has 20 heavy (non-hydrogen) atoms. The Morgan fingerprint density at radius 2 is 1.95 bits per heavy atom. The second kappa shape index (κ2) is 6.16. The first-order chi connectivity index (χ1) is 9.61. The fraction of sp³-hybridized carbons (Fsp3) is 0.133. The second-order valence-corrected chi connectivity index (χ2v) is 4.35. The van der Waals surface area contributed by atoms with Crippen LogP contribution in [0.3, 0.4) is 0 Å². The Morgan fingerprint density at radius 3 is 2.60 bits per heavy atom. The molecule has 4 nitrogen and oxygen atoms in total. The highest BCUT2D eigenvalue weighted by Crippen LogP contribution is 2.25. The van der Waals surface area contributed by atoms with Gasteiger partial charge >= 0.3 is 0 Å². The molecule has 3 N–H and O–H groups in total. The van der Waals surface area contributed by atoms with Gasteiger partial charge in [0.1, 0.15) is 0 Å². The Bertz CT molecular complexity index is 602. The number of aryl methyl sites for hydroxylation is 1. The fourth-order valence-electron chi connectivity index (χ4n) is 1.80. The van der Waals surface area contributed by atoms with E-state index in [2.05, 4.69) is 0 Å². The standard InChI is InChI=1S/C15H15FN2O2/c1-10-7-8-12(16)13(9-10)20-14(15(19)18-17)11-5-3-2-4-6-11/h2-9,14H,17H2,1H3,(H,18,19). The van der Waals surface area contributed by atoms with Gasteiger partial charge in [0, 0.05) is 5.56 Å². The van der Waals surface area contributed by atoms with Crippen molar-refractivity contribution in [3.63, 3.8) is 0 Å². The Balaban J connectivity index is 2.34. The number of hydrogen-bond donors (Lipinski definition) is 2. The van der Waals surface area contributed by atoms with Crippen LogP contribution in [0.2, 0.25) is 0 Å². The first-order valence-electron chi connectivity index (χ1n) is 6.10. The molecule has 0 bridgehead atoms. The van der Waals surface area contributed by atoms with Crippen LogP contribution < -0.4 is 16.0 Å². The van der Waals surface area contributed by atoms with Gasteiger partial charge in [-0.1, -0.05) is 36.4 Å². The molecule has 0 aromatic heterocycles. The summed E-state index contributed by atoms with van der Waals surface area (Å²) in [5, 5.41) is 0. The topological polar surface area (TPSA) is 64.3 Å². The number of nitrogens with one attached hydrogen (secondary N) is 1. The van der Waals surface area contributed by atoms with E-state index in [1.165, 1.54) is 12.1 Å². The summed E-state index contributed by atoms with van der Waals surface area (Å²) in [5.41, 5.74) is 3.46. The monoisotopic (exact) mass is 274 g/mol. The van der Waals surface area contributed by atoms with Crippen LogP contribution in [0.5, 0.6) is 5.75 Å². The molecule has 2 aromatic rings. The summed E-state index contributed by atoms with van der Waals surface area (Å²) in [6, 6.07) is 13.2. The summed E-state index contributed by atoms with van der Waals surface area (Å²) in [6.45, 7) is 1.81. The minimum absolute atomic E-state index is 0.0162. The van der Waals surface area contributed by atoms with E-state index in [4.69, 9.17) is 10.6 Å². The Hall–Kier alpha value is -2.40. The highest BCUT2D eigenvalue weighted by Gasteiger charge is 2.23. The van der Waals surface area contributed by atoms with E-state index in [0.717, 1.165) is 5.56 Å². The number of nitrogens with two attached hydrogens (primary N) is 1. The number of amides is 1. The number of rotatable bonds is 4. The molecule has 1 atom stereocenters. The van der Waals surface area contributed by atoms with Crippen molar-refractivity contribution in [1.29, 1.82) is 0 Å². The molecule has 0 spiro atoms. The van der Waals surface area contributed by atoms with Crippen molar-refractivity contribution in [2.75, 3.05) is 0 Å². The van der Waals surface area contributed by atoms with Gasteiger partial charge in [0.05, 0.1) is 0 Å². The van der Waals surface area contributed by atoms with E-state index in [0.29, 0.717) is 5.56 Å². The lowest BCUT2D eigenvalue weighted by molar-refractivity contribution is -0.128. The minimum Gasteiger partial charge on any atom is -0.473 e. The van der Waals surface area contributed by atoms with Crippen LogP contribution >= 0.6 is 0 Å². The average molecular weight is 274 g/mol. The molecular formula is C15H15FN2O2. The zero-order chi connectivity index (χ0) is 14.5. The third-order valence-corrected chi connectivity index (χ3v) is 2.81. The highest BCUT2D eigenvalue weighted by molar-refractivity contribution is 5.82. The molecule has 0 heterocycles. The van der Waals surface area contributed by atoms with E-state index in [9.17, 15) is 9.18 Å². The quantitative estimate of drug-likeness (QED) is 0.510. The maximum Gasteiger partial charge on any atom is 0.279 e. The molecule has 0 saturated carbocycles. The Labute approximate surface area is 116 Å². The van der Waals surface area contributed by atoms with Gasteiger partial charge in [-0.2, -0.15) is 0 Å². The van der Waals surface area contributed by atoms with E-state index in [1.807, 2.05) is 18.4 Å². The van der Waals surface area contributed by atoms with E-state index in [-0.39, 0.29) is 5.75 Å². The van der Waals surface area contributed by atoms with Crippen molar-refractivity contribution in [3.8, 4) is 5.75 Å². The van der Waals surface area contributed by atoms with Gasteiger partial charge in [-0.05, 0) is 24.6 Å². The lowest BCUT2D eigenvalue weighted by Crippen LogP contribution is -2.37. The first kappa shape index (κ1) is 14.0. The van der Waals surface area contributed by atoms with Crippen LogP contribution in [-0.4, -0.2) is 5.91 Å². The van der Waals surface area contributed by atoms with Crippen molar-refractivity contribution in [2.45, 2.75) is 13.0 Å². The number of carbonyl (C=O) groups is 1. The average Bonchev–Trinajstić information content (AvgIpc) is 2.48. The maximum atomic E-state index is 13.7. The molecule has 0 aliphatic carbocycles. The van der Waals surface area contributed by atoms with E-state index < -0.39 is 17.8 Å². The molecule has 0 aliphatic heterocycles. The largest absolute Gasteiger partial charge is 0.473 e. The molecule has 2 rings (SSSR count). The lowest BCUT2D eigenvalue weighted by atomic mass is 10.1. The number of ether oxygens (including phenoxy) is 1. The van der Waals surface area contributed by atoms with Crippen molar-refractivity contribution in [1.82, 2.24) is 5.43 Å². The van der Waals surface area contributed by atoms with Gasteiger partial charge in [0.25, 0.3) is 5.91 Å². The van der Waals surface area contributed by atoms with Crippen molar-refractivity contribution in [3.05, 3.63) is 65.5 Å². The lowest BCUT2D eigenvalue weighted by Gasteiger charge is -2.18. The minimum atomic E-state index is -1.00. The van der Waals surface area contributed by atoms with E-state index in [1.54, 1.807) is 30.3 Å². The van der Waals surface area contributed by atoms with Crippen molar-refractivity contribution >= 4 is 5.91 Å². The molecule has 104 valence electrons. The summed E-state index contributed by atoms with van der Waals surface area (Å²) in [5.74, 6) is 4.10. The normalized spacial score (nSPS) is 11.8. The van der Waals surface area contributed by atoms with Crippen LogP contribution in [0, 0.1) is 12.7 Å². The van der Waals surface area contributed by atoms with Crippen molar-refractivity contribution in [2.24, 2.45) is 5.84 Å². The number of carbonyl (C=O) groups excluding carboxylic acids is 1. The van der Waals surface area contributed by atoms with Crippen LogP contribution in [0.1, 0.15) is 17.2 Å². The van der Waals surface area contributed by atoms with Gasteiger partial charge < -0.3 is 4.74 Å². The van der Waals surface area contributed by atoms with Gasteiger partial charge in [0.15, 0.2) is 11.6 Å². The molecule has 5 heteroatoms. The third kappa shape index (κ3) is 3.13. The summed E-state index contributed by atoms with van der Waals surface area (Å²) >= 11 is 0. The first-order valence-corrected chi connectivity index (χ1v) is 6.10. The fourth-order valence-corrected chi connectivity index (χ4v) is 1.80. The number of hydrogen-bond acceptors (Lipinski definition) is 3. The zero-order valence-electron chi connectivity index (χ0n) is 11.0. The molecular weight excluding hydrogens is 259 g/mol. The van der Waals surface area contributed by atoms with Gasteiger partial charge in [-0.15, -0.1) is 0 Å². The molecule has 0 radical (unpaired) electrons. The molecule has 0 fully saturated rings. The maximum absolute atomic E-state index is 13.7. The molecule has 1 unspecified atom stereocenters. The molecule has 0 saturated heterocycles. The summed E-state index contributed by atoms with van der Waals surface area (Å²) in [7, 11) is 0. The van der Waals surface area contributed by atoms with Crippen molar-refractivity contribution < 1.29 is 13.9 Å². The summed E-state index contributed by atoms with van der Waals surface area (Å²) in [4.78, 5) is 11.8. The summed E-state index contributed by atoms with van der Waals surface area (Å²) < 4.78 is 19.2. The smallest absolute Gasteiger partial charge is 0.279 e. The Morgan fingerprint density at radius 1 is 1.25 bits per heavy atom. The van der Waals surface area contributed by atoms with Crippen LogP contribution in [0.4, 0.5) is 4.39 Å². The Kier molecular flexibility index (Phi) is 4.32. The molecule has 1 amide bonds. The van der Waals surface area contributed by atoms with Gasteiger partial charge in [-0.25, -0.2) is 10.2 Å². The predicted octanol–water partition coefficient (Wildman–Crippen LogP) is 2.24. The molecule has 2 aromatic carbocycles. The number of hydrazine groups is 1. The third-order valence-electron chi connectivity index (χ3n) is 2.81. The molecule has 0 aliphatic rings. The highest BCUT2D eigenvalue weighted by atomic mass is 19.1. The van der Waals surface area contributed by atoms with Gasteiger partial charge in [-0.3, -0.25) is 10.2 Å². The predicted molar refractivity (Wildman–Crippen MR) is 73.3 cm³/mol.